The minimum atomic E-state index is -0.601. The third-order valence-corrected chi connectivity index (χ3v) is 9.58. The van der Waals surface area contributed by atoms with Gasteiger partial charge in [-0.25, -0.2) is 4.39 Å². The molecule has 10 nitrogen and oxygen atoms in total. The second kappa shape index (κ2) is 12.4. The van der Waals surface area contributed by atoms with Crippen LogP contribution in [0.2, 0.25) is 0 Å². The summed E-state index contributed by atoms with van der Waals surface area (Å²) in [6, 6.07) is 7.89. The molecular weight excluding hydrogens is 591 g/mol. The molecule has 2 fully saturated rings. The van der Waals surface area contributed by atoms with Crippen molar-refractivity contribution >= 4 is 46.2 Å². The number of halogens is 1. The Morgan fingerprint density at radius 1 is 1.18 bits per heavy atom. The van der Waals surface area contributed by atoms with Gasteiger partial charge < -0.3 is 19.4 Å². The Kier molecular flexibility index (Phi) is 8.59. The van der Waals surface area contributed by atoms with Gasteiger partial charge in [0.05, 0.1) is 23.3 Å². The first-order valence-corrected chi connectivity index (χ1v) is 16.1. The maximum Gasteiger partial charge on any atom is 0.319 e. The highest BCUT2D eigenvalue weighted by atomic mass is 32.1. The van der Waals surface area contributed by atoms with Crippen molar-refractivity contribution in [2.75, 3.05) is 43.9 Å². The predicted octanol–water partition coefficient (Wildman–Crippen LogP) is 4.72. The van der Waals surface area contributed by atoms with Gasteiger partial charge in [-0.3, -0.25) is 9.48 Å². The molecule has 2 aromatic carbocycles. The lowest BCUT2D eigenvalue weighted by atomic mass is 9.92. The minimum absolute atomic E-state index is 0.0587. The molecule has 2 aliphatic heterocycles. The number of hydrogen-bond donors (Lipinski definition) is 1. The average Bonchev–Trinajstić information content (AvgIpc) is 3.61. The molecule has 4 heterocycles. The molecule has 4 aromatic rings. The Balaban J connectivity index is 1.53. The van der Waals surface area contributed by atoms with Crippen molar-refractivity contribution in [2.45, 2.75) is 58.2 Å². The van der Waals surface area contributed by atoms with Crippen LogP contribution >= 0.6 is 12.6 Å². The van der Waals surface area contributed by atoms with E-state index < -0.39 is 5.82 Å². The fraction of sp³-hybridized carbons (Fsp3) is 0.485. The van der Waals surface area contributed by atoms with Crippen LogP contribution in [-0.4, -0.2) is 92.6 Å². The normalized spacial score (nSPS) is 20.7. The number of benzene rings is 2. The van der Waals surface area contributed by atoms with E-state index in [2.05, 4.69) is 45.6 Å². The summed E-state index contributed by atoms with van der Waals surface area (Å²) in [6.45, 7) is 8.28. The molecule has 0 spiro atoms. The van der Waals surface area contributed by atoms with Gasteiger partial charge in [0.25, 0.3) is 0 Å². The summed E-state index contributed by atoms with van der Waals surface area (Å²) >= 11 is 4.25. The van der Waals surface area contributed by atoms with Gasteiger partial charge in [0.2, 0.25) is 5.91 Å². The standard InChI is InChI=1S/C33H39FN8O2S/c1-19-8-9-22-15-36-40(5)31(22)27(19)28-23(14-35)13-25-30(29(28)34)37-33(44-18-24-7-6-11-39(24)4)38-32(25)42-17-20(2)41(16-21(42)3)26(43)10-12-45/h8-9,13,15,20-21,24,45H,6-7,10-12,16-18H2,1-5H3/t20-,21+,24+/m1/s1. The molecule has 236 valence electrons. The van der Waals surface area contributed by atoms with Gasteiger partial charge >= 0.3 is 6.01 Å². The van der Waals surface area contributed by atoms with Crippen molar-refractivity contribution in [1.82, 2.24) is 29.5 Å². The van der Waals surface area contributed by atoms with Crippen LogP contribution in [0.4, 0.5) is 10.2 Å². The van der Waals surface area contributed by atoms with Crippen LogP contribution in [-0.2, 0) is 11.8 Å². The van der Waals surface area contributed by atoms with E-state index >= 15 is 4.39 Å². The molecule has 2 aromatic heterocycles. The number of piperazine rings is 1. The van der Waals surface area contributed by atoms with Gasteiger partial charge in [-0.1, -0.05) is 12.1 Å². The molecule has 0 bridgehead atoms. The number of thiol groups is 1. The van der Waals surface area contributed by atoms with Crippen LogP contribution in [0.3, 0.4) is 0 Å². The van der Waals surface area contributed by atoms with E-state index in [0.717, 1.165) is 35.9 Å². The van der Waals surface area contributed by atoms with Crippen molar-refractivity contribution in [3.8, 4) is 23.2 Å². The number of carbonyl (C=O) groups is 1. The summed E-state index contributed by atoms with van der Waals surface area (Å²) in [7, 11) is 3.88. The van der Waals surface area contributed by atoms with Crippen LogP contribution in [0.15, 0.2) is 24.4 Å². The topological polar surface area (TPSA) is 103 Å². The number of rotatable bonds is 7. The van der Waals surface area contributed by atoms with Crippen molar-refractivity contribution in [3.05, 3.63) is 41.3 Å². The van der Waals surface area contributed by atoms with Crippen LogP contribution in [0.5, 0.6) is 6.01 Å². The molecule has 2 saturated heterocycles. The SMILES string of the molecule is Cc1ccc2cnn(C)c2c1-c1c(C#N)cc2c(N3C[C@@H](C)N(C(=O)CCS)C[C@@H]3C)nc(OC[C@@H]3CCCN3C)nc2c1F. The van der Waals surface area contributed by atoms with Crippen LogP contribution in [0.1, 0.15) is 44.2 Å². The zero-order valence-corrected chi connectivity index (χ0v) is 27.3. The number of nitrogens with zero attached hydrogens (tertiary/aromatic N) is 8. The molecule has 45 heavy (non-hydrogen) atoms. The van der Waals surface area contributed by atoms with E-state index in [1.807, 2.05) is 44.9 Å². The Bertz CT molecular complexity index is 1820. The lowest BCUT2D eigenvalue weighted by Crippen LogP contribution is -2.58. The highest BCUT2D eigenvalue weighted by Gasteiger charge is 2.35. The van der Waals surface area contributed by atoms with Crippen molar-refractivity contribution < 1.29 is 13.9 Å². The summed E-state index contributed by atoms with van der Waals surface area (Å²) in [5.74, 6) is 0.435. The van der Waals surface area contributed by atoms with Crippen LogP contribution in [0, 0.1) is 24.1 Å². The summed E-state index contributed by atoms with van der Waals surface area (Å²) < 4.78 is 25.0. The first kappa shape index (κ1) is 31.0. The van der Waals surface area contributed by atoms with Gasteiger partial charge in [-0.15, -0.1) is 0 Å². The van der Waals surface area contributed by atoms with E-state index in [0.29, 0.717) is 48.6 Å². The fourth-order valence-electron chi connectivity index (χ4n) is 6.86. The number of hydrogen-bond acceptors (Lipinski definition) is 9. The average molecular weight is 631 g/mol. The number of aromatic nitrogens is 4. The molecular formula is C33H39FN8O2S. The Labute approximate surface area is 268 Å². The molecule has 0 aliphatic carbocycles. The highest BCUT2D eigenvalue weighted by Crippen LogP contribution is 2.41. The minimum Gasteiger partial charge on any atom is -0.462 e. The monoisotopic (exact) mass is 630 g/mol. The maximum absolute atomic E-state index is 17.1. The Morgan fingerprint density at radius 3 is 2.69 bits per heavy atom. The molecule has 0 N–H and O–H groups in total. The quantitative estimate of drug-likeness (QED) is 0.293. The Hall–Kier alpha value is -3.95. The Morgan fingerprint density at radius 2 is 1.98 bits per heavy atom. The van der Waals surface area contributed by atoms with Crippen LogP contribution < -0.4 is 9.64 Å². The van der Waals surface area contributed by atoms with E-state index in [-0.39, 0.29) is 46.7 Å². The van der Waals surface area contributed by atoms with Gasteiger partial charge in [-0.05, 0) is 64.6 Å². The number of nitriles is 1. The zero-order chi connectivity index (χ0) is 32.0. The van der Waals surface area contributed by atoms with Crippen molar-refractivity contribution in [2.24, 2.45) is 7.05 Å². The van der Waals surface area contributed by atoms with Gasteiger partial charge in [0.1, 0.15) is 17.9 Å². The maximum atomic E-state index is 17.1. The molecule has 3 atom stereocenters. The number of likely N-dealkylation sites (tertiary alicyclic amines) is 1. The number of anilines is 1. The first-order chi connectivity index (χ1) is 21.6. The molecule has 1 amide bonds. The lowest BCUT2D eigenvalue weighted by molar-refractivity contribution is -0.133. The number of ether oxygens (including phenoxy) is 1. The molecule has 12 heteroatoms. The molecule has 6 rings (SSSR count). The third kappa shape index (κ3) is 5.57. The third-order valence-electron chi connectivity index (χ3n) is 9.35. The zero-order valence-electron chi connectivity index (χ0n) is 26.4. The summed E-state index contributed by atoms with van der Waals surface area (Å²) in [6.07, 6.45) is 4.20. The molecule has 2 aliphatic rings. The smallest absolute Gasteiger partial charge is 0.319 e. The molecule has 0 saturated carbocycles. The number of carbonyl (C=O) groups excluding carboxylic acids is 1. The predicted molar refractivity (Wildman–Crippen MR) is 176 cm³/mol. The number of likely N-dealkylation sites (N-methyl/N-ethyl adjacent to an activating group) is 1. The van der Waals surface area contributed by atoms with Crippen LogP contribution in [0.25, 0.3) is 32.9 Å². The van der Waals surface area contributed by atoms with E-state index in [1.54, 1.807) is 16.9 Å². The van der Waals surface area contributed by atoms with Crippen molar-refractivity contribution in [3.63, 3.8) is 0 Å². The van der Waals surface area contributed by atoms with Gasteiger partial charge in [0.15, 0.2) is 5.82 Å². The molecule has 0 radical (unpaired) electrons. The van der Waals surface area contributed by atoms with E-state index in [1.165, 1.54) is 0 Å². The van der Waals surface area contributed by atoms with Gasteiger partial charge in [0, 0.05) is 66.6 Å². The highest BCUT2D eigenvalue weighted by molar-refractivity contribution is 7.80. The summed E-state index contributed by atoms with van der Waals surface area (Å²) in [4.78, 5) is 28.6. The summed E-state index contributed by atoms with van der Waals surface area (Å²) in [5.41, 5.74) is 2.63. The second-order valence-corrected chi connectivity index (χ2v) is 12.8. The van der Waals surface area contributed by atoms with Gasteiger partial charge in [-0.2, -0.15) is 33.0 Å². The largest absolute Gasteiger partial charge is 0.462 e. The van der Waals surface area contributed by atoms with E-state index in [4.69, 9.17) is 9.72 Å². The molecule has 0 unspecified atom stereocenters. The number of amides is 1. The number of fused-ring (bicyclic) bond motifs is 2. The van der Waals surface area contributed by atoms with E-state index in [9.17, 15) is 10.1 Å². The first-order valence-electron chi connectivity index (χ1n) is 15.5. The lowest BCUT2D eigenvalue weighted by Gasteiger charge is -2.45. The number of aryl methyl sites for hydroxylation is 2. The van der Waals surface area contributed by atoms with Crippen molar-refractivity contribution in [1.29, 1.82) is 5.26 Å². The second-order valence-electron chi connectivity index (χ2n) is 12.4. The summed E-state index contributed by atoms with van der Waals surface area (Å²) in [5, 5.41) is 16.1. The fourth-order valence-corrected chi connectivity index (χ4v) is 7.05.